The van der Waals surface area contributed by atoms with Gasteiger partial charge in [0, 0.05) is 10.9 Å². The van der Waals surface area contributed by atoms with Gasteiger partial charge in [-0.1, -0.05) is 80.0 Å². The lowest BCUT2D eigenvalue weighted by atomic mass is 10.0. The first kappa shape index (κ1) is 21.8. The van der Waals surface area contributed by atoms with Gasteiger partial charge >= 0.3 is 0 Å². The van der Waals surface area contributed by atoms with Crippen molar-refractivity contribution in [3.8, 4) is 16.9 Å². The highest BCUT2D eigenvalue weighted by atomic mass is 35.5. The van der Waals surface area contributed by atoms with Gasteiger partial charge in [-0.15, -0.1) is 0 Å². The summed E-state index contributed by atoms with van der Waals surface area (Å²) in [5, 5.41) is 6.72. The van der Waals surface area contributed by atoms with Crippen molar-refractivity contribution in [2.45, 2.75) is 20.8 Å². The fourth-order valence-electron chi connectivity index (χ4n) is 3.31. The van der Waals surface area contributed by atoms with Crippen LogP contribution in [-0.2, 0) is 0 Å². The van der Waals surface area contributed by atoms with Crippen molar-refractivity contribution < 1.29 is 0 Å². The largest absolute Gasteiger partial charge is 0.279 e. The number of benzene rings is 3. The second kappa shape index (κ2) is 9.29. The Morgan fingerprint density at radius 3 is 2.20 bits per heavy atom. The Bertz CT molecular complexity index is 1270. The molecule has 1 heterocycles. The van der Waals surface area contributed by atoms with E-state index in [-0.39, 0.29) is 5.56 Å². The maximum absolute atomic E-state index is 13.2. The van der Waals surface area contributed by atoms with Crippen molar-refractivity contribution in [2.24, 2.45) is 0 Å². The third-order valence-corrected chi connectivity index (χ3v) is 5.17. The zero-order valence-electron chi connectivity index (χ0n) is 17.1. The van der Waals surface area contributed by atoms with Gasteiger partial charge in [0.25, 0.3) is 5.56 Å². The molecule has 0 aliphatic rings. The first-order valence-corrected chi connectivity index (χ1v) is 10.5. The molecule has 0 spiro atoms. The molecule has 30 heavy (non-hydrogen) atoms. The molecular formula is C25H22Cl2N2O. The molecule has 4 rings (SSSR count). The first-order valence-electron chi connectivity index (χ1n) is 9.70. The maximum Gasteiger partial charge on any atom is 0.279 e. The van der Waals surface area contributed by atoms with Gasteiger partial charge in [0.15, 0.2) is 0 Å². The quantitative estimate of drug-likeness (QED) is 0.336. The molecule has 1 aromatic heterocycles. The van der Waals surface area contributed by atoms with Crippen LogP contribution in [0.4, 0.5) is 0 Å². The zero-order valence-corrected chi connectivity index (χ0v) is 18.6. The highest BCUT2D eigenvalue weighted by molar-refractivity contribution is 6.37. The second-order valence-electron chi connectivity index (χ2n) is 6.52. The topological polar surface area (TPSA) is 34.9 Å². The summed E-state index contributed by atoms with van der Waals surface area (Å²) in [7, 11) is 0. The molecule has 3 aromatic carbocycles. The van der Waals surface area contributed by atoms with Crippen molar-refractivity contribution >= 4 is 40.1 Å². The highest BCUT2D eigenvalue weighted by Crippen LogP contribution is 2.31. The summed E-state index contributed by atoms with van der Waals surface area (Å²) in [6, 6.07) is 18.6. The van der Waals surface area contributed by atoms with Gasteiger partial charge in [-0.25, -0.2) is 0 Å². The maximum atomic E-state index is 13.2. The van der Waals surface area contributed by atoms with Crippen molar-refractivity contribution in [3.05, 3.63) is 98.8 Å². The van der Waals surface area contributed by atoms with Crippen LogP contribution in [0.5, 0.6) is 0 Å². The average Bonchev–Trinajstić information content (AvgIpc) is 2.76. The molecule has 0 unspecified atom stereocenters. The van der Waals surface area contributed by atoms with E-state index in [1.54, 1.807) is 30.3 Å². The average molecular weight is 437 g/mol. The first-order chi connectivity index (χ1) is 14.5. The van der Waals surface area contributed by atoms with Crippen LogP contribution in [0.25, 0.3) is 33.8 Å². The molecule has 152 valence electrons. The van der Waals surface area contributed by atoms with Gasteiger partial charge in [-0.2, -0.15) is 9.78 Å². The lowest BCUT2D eigenvalue weighted by Gasteiger charge is -2.14. The van der Waals surface area contributed by atoms with Crippen molar-refractivity contribution in [1.82, 2.24) is 9.78 Å². The number of halogens is 2. The van der Waals surface area contributed by atoms with Crippen LogP contribution in [0.2, 0.25) is 10.0 Å². The summed E-state index contributed by atoms with van der Waals surface area (Å²) in [5.41, 5.74) is 3.73. The summed E-state index contributed by atoms with van der Waals surface area (Å²) in [6.45, 7) is 9.87. The smallest absolute Gasteiger partial charge is 0.267 e. The number of para-hydroxylation sites is 1. The van der Waals surface area contributed by atoms with Crippen LogP contribution >= 0.6 is 23.2 Å². The van der Waals surface area contributed by atoms with E-state index in [2.05, 4.69) is 11.7 Å². The molecule has 0 bridgehead atoms. The fraction of sp³-hybridized carbons (Fsp3) is 0.120. The van der Waals surface area contributed by atoms with E-state index in [0.717, 1.165) is 22.1 Å². The predicted octanol–water partition coefficient (Wildman–Crippen LogP) is 7.34. The minimum Gasteiger partial charge on any atom is -0.267 e. The van der Waals surface area contributed by atoms with E-state index < -0.39 is 0 Å². The summed E-state index contributed by atoms with van der Waals surface area (Å²) in [4.78, 5) is 13.2. The molecular weight excluding hydrogens is 415 g/mol. The minimum absolute atomic E-state index is 0.272. The molecule has 0 N–H and O–H groups in total. The summed E-state index contributed by atoms with van der Waals surface area (Å²) in [5.74, 6) is 0. The minimum atomic E-state index is -0.272. The standard InChI is InChI=1S/C23H16Cl2N2O.C2H6/c1-3-15-11-14(2)12-16(13-15)21-17-7-4-5-8-18(17)23(28)27(26-21)22-19(24)9-6-10-20(22)25;1-2/h3-13H,1H2,2H3;1-2H3. The molecule has 3 nitrogen and oxygen atoms in total. The second-order valence-corrected chi connectivity index (χ2v) is 7.33. The van der Waals surface area contributed by atoms with E-state index >= 15 is 0 Å². The Morgan fingerprint density at radius 2 is 1.57 bits per heavy atom. The van der Waals surface area contributed by atoms with Crippen LogP contribution in [0.15, 0.2) is 72.0 Å². The molecule has 0 aliphatic heterocycles. The van der Waals surface area contributed by atoms with Gasteiger partial charge in [0.1, 0.15) is 5.69 Å². The lowest BCUT2D eigenvalue weighted by molar-refractivity contribution is 0.826. The van der Waals surface area contributed by atoms with E-state index in [9.17, 15) is 4.79 Å². The molecule has 0 atom stereocenters. The predicted molar refractivity (Wildman–Crippen MR) is 129 cm³/mol. The monoisotopic (exact) mass is 436 g/mol. The summed E-state index contributed by atoms with van der Waals surface area (Å²) < 4.78 is 1.29. The summed E-state index contributed by atoms with van der Waals surface area (Å²) in [6.07, 6.45) is 1.79. The molecule has 0 aliphatic carbocycles. The number of rotatable bonds is 3. The highest BCUT2D eigenvalue weighted by Gasteiger charge is 2.17. The molecule has 5 heteroatoms. The van der Waals surface area contributed by atoms with Crippen molar-refractivity contribution in [2.75, 3.05) is 0 Å². The SMILES string of the molecule is C=Cc1cc(C)cc(-c2nn(-c3c(Cl)cccc3Cl)c(=O)c3ccccc23)c1.CC. The number of aryl methyl sites for hydroxylation is 1. The number of hydrogen-bond donors (Lipinski definition) is 0. The van der Waals surface area contributed by atoms with Gasteiger partial charge in [0.05, 0.1) is 21.1 Å². The van der Waals surface area contributed by atoms with Gasteiger partial charge in [0.2, 0.25) is 0 Å². The van der Waals surface area contributed by atoms with Crippen LogP contribution in [0.1, 0.15) is 25.0 Å². The van der Waals surface area contributed by atoms with Crippen LogP contribution in [-0.4, -0.2) is 9.78 Å². The Hall–Kier alpha value is -2.88. The Labute approximate surface area is 186 Å². The van der Waals surface area contributed by atoms with E-state index in [4.69, 9.17) is 23.2 Å². The summed E-state index contributed by atoms with van der Waals surface area (Å²) >= 11 is 12.7. The van der Waals surface area contributed by atoms with Crippen molar-refractivity contribution in [1.29, 1.82) is 0 Å². The van der Waals surface area contributed by atoms with E-state index in [0.29, 0.717) is 26.8 Å². The molecule has 4 aromatic rings. The zero-order chi connectivity index (χ0) is 21.8. The number of hydrogen-bond acceptors (Lipinski definition) is 2. The van der Waals surface area contributed by atoms with E-state index in [1.165, 1.54) is 4.68 Å². The third kappa shape index (κ3) is 4.04. The molecule has 0 saturated carbocycles. The molecule has 0 fully saturated rings. The van der Waals surface area contributed by atoms with Gasteiger partial charge in [-0.05, 0) is 48.4 Å². The number of nitrogens with zero attached hydrogens (tertiary/aromatic N) is 2. The van der Waals surface area contributed by atoms with Gasteiger partial charge < -0.3 is 0 Å². The van der Waals surface area contributed by atoms with Crippen LogP contribution < -0.4 is 5.56 Å². The Balaban J connectivity index is 0.00000124. The third-order valence-electron chi connectivity index (χ3n) is 4.56. The molecule has 0 saturated heterocycles. The Kier molecular flexibility index (Phi) is 6.76. The normalized spacial score (nSPS) is 10.4. The van der Waals surface area contributed by atoms with Gasteiger partial charge in [-0.3, -0.25) is 4.79 Å². The molecule has 0 amide bonds. The van der Waals surface area contributed by atoms with Crippen molar-refractivity contribution in [3.63, 3.8) is 0 Å². The number of aromatic nitrogens is 2. The van der Waals surface area contributed by atoms with Crippen LogP contribution in [0.3, 0.4) is 0 Å². The molecule has 0 radical (unpaired) electrons. The van der Waals surface area contributed by atoms with E-state index in [1.807, 2.05) is 57.2 Å². The Morgan fingerprint density at radius 1 is 0.933 bits per heavy atom. The lowest BCUT2D eigenvalue weighted by Crippen LogP contribution is -2.23. The fourth-order valence-corrected chi connectivity index (χ4v) is 3.87. The number of fused-ring (bicyclic) bond motifs is 1. The van der Waals surface area contributed by atoms with Crippen LogP contribution in [0, 0.1) is 6.92 Å².